The quantitative estimate of drug-likeness (QED) is 0.171. The average molecular weight is 569 g/mol. The van der Waals surface area contributed by atoms with Crippen LogP contribution >= 0.6 is 11.1 Å². The molecule has 0 aliphatic rings. The van der Waals surface area contributed by atoms with Crippen LogP contribution in [0.25, 0.3) is 0 Å². The molecular formula is C36H45ClSi2. The summed E-state index contributed by atoms with van der Waals surface area (Å²) in [5, 5.41) is 5.43. The molecule has 39 heavy (non-hydrogen) atoms. The summed E-state index contributed by atoms with van der Waals surface area (Å²) in [5.74, 6) is 0. The summed E-state index contributed by atoms with van der Waals surface area (Å²) < 4.78 is 0. The Labute approximate surface area is 244 Å². The normalized spacial score (nSPS) is 14.6. The van der Waals surface area contributed by atoms with Crippen LogP contribution in [0.4, 0.5) is 0 Å². The average Bonchev–Trinajstić information content (AvgIpc) is 2.88. The number of benzene rings is 4. The van der Waals surface area contributed by atoms with Crippen molar-refractivity contribution in [2.45, 2.75) is 78.2 Å². The van der Waals surface area contributed by atoms with Crippen LogP contribution in [0.5, 0.6) is 0 Å². The molecule has 204 valence electrons. The summed E-state index contributed by atoms with van der Waals surface area (Å²) >= 11 is 8.80. The first kappa shape index (κ1) is 29.6. The van der Waals surface area contributed by atoms with E-state index in [1.165, 1.54) is 31.9 Å². The van der Waals surface area contributed by atoms with Gasteiger partial charge in [-0.3, -0.25) is 0 Å². The zero-order valence-corrected chi connectivity index (χ0v) is 28.0. The number of halogens is 1. The molecule has 0 amide bonds. The molecule has 0 bridgehead atoms. The van der Waals surface area contributed by atoms with Gasteiger partial charge in [-0.2, -0.15) is 11.1 Å². The Kier molecular flexibility index (Phi) is 7.99. The van der Waals surface area contributed by atoms with Crippen molar-refractivity contribution in [3.05, 3.63) is 120 Å². The van der Waals surface area contributed by atoms with Crippen molar-refractivity contribution in [1.82, 2.24) is 0 Å². The molecule has 0 N–H and O–H groups in total. The molecule has 1 atom stereocenters. The Hall–Kier alpha value is -2.40. The van der Waals surface area contributed by atoms with E-state index in [0.29, 0.717) is 0 Å². The predicted molar refractivity (Wildman–Crippen MR) is 179 cm³/mol. The fourth-order valence-corrected chi connectivity index (χ4v) is 30.6. The van der Waals surface area contributed by atoms with Gasteiger partial charge in [0.2, 0.25) is 6.90 Å². The highest BCUT2D eigenvalue weighted by atomic mass is 35.6. The minimum Gasteiger partial charge on any atom is -0.158 e. The zero-order valence-electron chi connectivity index (χ0n) is 25.3. The van der Waals surface area contributed by atoms with Crippen molar-refractivity contribution in [1.29, 1.82) is 0 Å². The fraction of sp³-hybridized carbons (Fsp3) is 0.333. The molecular weight excluding hydrogens is 524 g/mol. The predicted octanol–water partition coefficient (Wildman–Crippen LogP) is 7.72. The standard InChI is InChI=1S/C36H45ClSi2/c1-34(2,3)31-26-19-27-32(33(31)35(4,5)6)39(37,30-24-17-12-18-25-30)38(36(7,8)9,28-20-13-10-14-21-28)29-22-15-11-16-23-29/h10-27H,1-9H3. The SMILES string of the molecule is CC(C)(C)c1cccc([Si](Cl)(c2ccccc2)[Si](c2ccccc2)(c2ccccc2)C(C)(C)C)c1C(C)(C)C. The molecule has 0 radical (unpaired) electrons. The van der Waals surface area contributed by atoms with Crippen LogP contribution in [0.3, 0.4) is 0 Å². The Morgan fingerprint density at radius 3 is 1.23 bits per heavy atom. The highest BCUT2D eigenvalue weighted by Crippen LogP contribution is 2.45. The van der Waals surface area contributed by atoms with Crippen LogP contribution in [-0.4, -0.2) is 14.5 Å². The number of hydrogen-bond donors (Lipinski definition) is 0. The van der Waals surface area contributed by atoms with Gasteiger partial charge in [0.25, 0.3) is 0 Å². The summed E-state index contributed by atoms with van der Waals surface area (Å²) in [7, 11) is -2.77. The largest absolute Gasteiger partial charge is 0.217 e. The summed E-state index contributed by atoms with van der Waals surface area (Å²) in [6, 6.07) is 40.7. The fourth-order valence-electron chi connectivity index (χ4n) is 6.84. The summed E-state index contributed by atoms with van der Waals surface area (Å²) in [4.78, 5) is 0. The van der Waals surface area contributed by atoms with Gasteiger partial charge in [0, 0.05) is 0 Å². The van der Waals surface area contributed by atoms with Crippen LogP contribution in [0.1, 0.15) is 73.4 Å². The van der Waals surface area contributed by atoms with Gasteiger partial charge < -0.3 is 0 Å². The smallest absolute Gasteiger partial charge is 0.158 e. The minimum atomic E-state index is -3.05. The third kappa shape index (κ3) is 5.01. The lowest BCUT2D eigenvalue weighted by atomic mass is 9.75. The second kappa shape index (κ2) is 10.5. The molecule has 0 aliphatic heterocycles. The van der Waals surface area contributed by atoms with E-state index in [1.807, 2.05) is 0 Å². The Balaban J connectivity index is 2.35. The monoisotopic (exact) mass is 568 g/mol. The van der Waals surface area contributed by atoms with E-state index in [1.54, 1.807) is 0 Å². The number of hydrogen-bond acceptors (Lipinski definition) is 0. The summed E-state index contributed by atoms with van der Waals surface area (Å²) in [6.45, 7) is 18.4. The van der Waals surface area contributed by atoms with Gasteiger partial charge in [-0.1, -0.05) is 182 Å². The third-order valence-electron chi connectivity index (χ3n) is 8.22. The van der Waals surface area contributed by atoms with Gasteiger partial charge in [-0.05, 0) is 37.4 Å². The van der Waals surface area contributed by atoms with Crippen LogP contribution in [0.15, 0.2) is 109 Å². The number of rotatable bonds is 5. The molecule has 0 nitrogen and oxygen atoms in total. The van der Waals surface area contributed by atoms with Crippen LogP contribution < -0.4 is 20.7 Å². The Morgan fingerprint density at radius 2 is 0.872 bits per heavy atom. The Bertz CT molecular complexity index is 1350. The van der Waals surface area contributed by atoms with Crippen LogP contribution in [0, 0.1) is 0 Å². The molecule has 0 spiro atoms. The zero-order chi connectivity index (χ0) is 28.7. The summed E-state index contributed by atoms with van der Waals surface area (Å²) in [6.07, 6.45) is 0. The Morgan fingerprint density at radius 1 is 0.462 bits per heavy atom. The van der Waals surface area contributed by atoms with Crippen molar-refractivity contribution < 1.29 is 0 Å². The molecule has 4 aromatic carbocycles. The maximum Gasteiger partial charge on any atom is 0.217 e. The van der Waals surface area contributed by atoms with E-state index in [9.17, 15) is 0 Å². The van der Waals surface area contributed by atoms with E-state index in [0.717, 1.165) is 0 Å². The first-order valence-electron chi connectivity index (χ1n) is 14.2. The van der Waals surface area contributed by atoms with E-state index in [2.05, 4.69) is 172 Å². The van der Waals surface area contributed by atoms with Gasteiger partial charge in [-0.25, -0.2) is 0 Å². The van der Waals surface area contributed by atoms with E-state index < -0.39 is 14.5 Å². The molecule has 0 saturated carbocycles. The highest BCUT2D eigenvalue weighted by Gasteiger charge is 2.65. The molecule has 0 aliphatic carbocycles. The molecule has 4 rings (SSSR count). The van der Waals surface area contributed by atoms with Crippen LogP contribution in [-0.2, 0) is 10.8 Å². The maximum atomic E-state index is 8.80. The highest BCUT2D eigenvalue weighted by molar-refractivity contribution is 7.74. The van der Waals surface area contributed by atoms with Crippen molar-refractivity contribution in [2.75, 3.05) is 0 Å². The molecule has 0 fully saturated rings. The van der Waals surface area contributed by atoms with E-state index in [-0.39, 0.29) is 15.9 Å². The summed E-state index contributed by atoms with van der Waals surface area (Å²) in [5.41, 5.74) is 2.74. The van der Waals surface area contributed by atoms with Crippen molar-refractivity contribution in [2.24, 2.45) is 0 Å². The topological polar surface area (TPSA) is 0 Å². The van der Waals surface area contributed by atoms with Gasteiger partial charge in [-0.15, -0.1) is 0 Å². The minimum absolute atomic E-state index is 0.00699. The van der Waals surface area contributed by atoms with Gasteiger partial charge in [0.15, 0.2) is 0 Å². The van der Waals surface area contributed by atoms with Gasteiger partial charge in [0.1, 0.15) is 7.59 Å². The first-order valence-corrected chi connectivity index (χ1v) is 20.2. The van der Waals surface area contributed by atoms with Crippen LogP contribution in [0.2, 0.25) is 5.04 Å². The second-order valence-electron chi connectivity index (χ2n) is 14.0. The first-order chi connectivity index (χ1) is 18.2. The maximum absolute atomic E-state index is 8.80. The molecule has 3 heteroatoms. The molecule has 4 aromatic rings. The third-order valence-corrected chi connectivity index (χ3v) is 28.8. The van der Waals surface area contributed by atoms with E-state index >= 15 is 0 Å². The van der Waals surface area contributed by atoms with Crippen molar-refractivity contribution in [3.63, 3.8) is 0 Å². The van der Waals surface area contributed by atoms with Crippen molar-refractivity contribution in [3.8, 4) is 0 Å². The van der Waals surface area contributed by atoms with Crippen molar-refractivity contribution >= 4 is 46.3 Å². The van der Waals surface area contributed by atoms with Gasteiger partial charge in [0.05, 0.1) is 0 Å². The lowest BCUT2D eigenvalue weighted by Gasteiger charge is -2.54. The lowest BCUT2D eigenvalue weighted by molar-refractivity contribution is 0.533. The van der Waals surface area contributed by atoms with E-state index in [4.69, 9.17) is 11.1 Å². The molecule has 1 unspecified atom stereocenters. The molecule has 0 aromatic heterocycles. The lowest BCUT2D eigenvalue weighted by Crippen LogP contribution is -2.86. The van der Waals surface area contributed by atoms with Gasteiger partial charge >= 0.3 is 0 Å². The second-order valence-corrected chi connectivity index (χ2v) is 27.7. The molecule has 0 saturated heterocycles. The molecule has 0 heterocycles.